The first-order valence-electron chi connectivity index (χ1n) is 9.02. The minimum absolute atomic E-state index is 0.0447. The molecule has 1 amide bonds. The fourth-order valence-electron chi connectivity index (χ4n) is 4.26. The predicted octanol–water partition coefficient (Wildman–Crippen LogP) is 2.93. The van der Waals surface area contributed by atoms with E-state index in [4.69, 9.17) is 0 Å². The topological polar surface area (TPSA) is 52.6 Å². The van der Waals surface area contributed by atoms with Crippen LogP contribution in [0.4, 0.5) is 4.39 Å². The van der Waals surface area contributed by atoms with Crippen molar-refractivity contribution in [2.75, 3.05) is 26.7 Å². The van der Waals surface area contributed by atoms with Crippen LogP contribution in [0.3, 0.4) is 0 Å². The van der Waals surface area contributed by atoms with E-state index in [0.29, 0.717) is 23.9 Å². The molecule has 4 rings (SSSR count). The summed E-state index contributed by atoms with van der Waals surface area (Å²) in [6.45, 7) is 4.18. The Labute approximate surface area is 152 Å². The van der Waals surface area contributed by atoms with Crippen molar-refractivity contribution in [3.63, 3.8) is 0 Å². The molecule has 1 fully saturated rings. The number of fused-ring (bicyclic) bond motifs is 3. The maximum absolute atomic E-state index is 13.9. The van der Waals surface area contributed by atoms with Gasteiger partial charge in [0.05, 0.1) is 6.10 Å². The number of nitrogens with one attached hydrogen (secondary N) is 1. The first-order valence-corrected chi connectivity index (χ1v) is 9.02. The summed E-state index contributed by atoms with van der Waals surface area (Å²) in [7, 11) is 2.11. The van der Waals surface area contributed by atoms with Gasteiger partial charge in [-0.15, -0.1) is 0 Å². The van der Waals surface area contributed by atoms with E-state index in [1.54, 1.807) is 19.1 Å². The number of benzene rings is 2. The monoisotopic (exact) mass is 354 g/mol. The largest absolute Gasteiger partial charge is 0.389 e. The van der Waals surface area contributed by atoms with E-state index in [9.17, 15) is 14.3 Å². The first-order chi connectivity index (χ1) is 12.4. The highest BCUT2D eigenvalue weighted by molar-refractivity contribution is 5.97. The van der Waals surface area contributed by atoms with Crippen LogP contribution >= 0.6 is 0 Å². The number of likely N-dealkylation sites (tertiary alicyclic amines) is 1. The molecule has 0 unspecified atom stereocenters. The number of nitrogens with zero attached hydrogens (tertiary/aromatic N) is 1. The Bertz CT molecular complexity index is 865. The average molecular weight is 354 g/mol. The van der Waals surface area contributed by atoms with Gasteiger partial charge < -0.3 is 15.3 Å². The summed E-state index contributed by atoms with van der Waals surface area (Å²) >= 11 is 0. The second kappa shape index (κ2) is 6.49. The molecule has 4 nitrogen and oxygen atoms in total. The number of halogens is 1. The van der Waals surface area contributed by atoms with Gasteiger partial charge in [-0.25, -0.2) is 4.39 Å². The number of carbonyl (C=O) groups excluding carboxylic acids is 1. The molecule has 0 aromatic heterocycles. The number of aliphatic hydroxyl groups excluding tert-OH is 1. The van der Waals surface area contributed by atoms with Gasteiger partial charge in [0, 0.05) is 36.7 Å². The van der Waals surface area contributed by atoms with Gasteiger partial charge in [0.1, 0.15) is 5.82 Å². The third kappa shape index (κ3) is 2.91. The Morgan fingerprint density at radius 3 is 2.69 bits per heavy atom. The van der Waals surface area contributed by atoms with Crippen molar-refractivity contribution in [2.45, 2.75) is 18.9 Å². The molecule has 0 bridgehead atoms. The predicted molar refractivity (Wildman–Crippen MR) is 98.5 cm³/mol. The Kier molecular flexibility index (Phi) is 4.29. The Hall–Kier alpha value is -2.24. The molecule has 0 radical (unpaired) electrons. The number of hydrogen-bond donors (Lipinski definition) is 2. The van der Waals surface area contributed by atoms with E-state index in [1.165, 1.54) is 6.07 Å². The molecule has 2 aliphatic heterocycles. The summed E-state index contributed by atoms with van der Waals surface area (Å²) in [6.07, 6.45) is -0.881. The lowest BCUT2D eigenvalue weighted by atomic mass is 9.86. The third-order valence-electron chi connectivity index (χ3n) is 5.63. The number of carbonyl (C=O) groups is 1. The van der Waals surface area contributed by atoms with E-state index in [1.807, 2.05) is 18.2 Å². The Balaban J connectivity index is 1.78. The van der Waals surface area contributed by atoms with Crippen molar-refractivity contribution in [3.8, 4) is 11.1 Å². The molecule has 5 heteroatoms. The molecule has 2 aromatic rings. The SMILES string of the molecule is C[C@H](O)c1cc(-c2ccc3c(c2)C(=O)NC[C@H]2CN(C)C[C@H]32)ccc1F. The zero-order chi connectivity index (χ0) is 18.4. The summed E-state index contributed by atoms with van der Waals surface area (Å²) in [6, 6.07) is 10.6. The number of rotatable bonds is 2. The Morgan fingerprint density at radius 1 is 1.19 bits per heavy atom. The molecule has 0 saturated carbocycles. The highest BCUT2D eigenvalue weighted by Gasteiger charge is 2.36. The van der Waals surface area contributed by atoms with Gasteiger partial charge in [0.2, 0.25) is 0 Å². The van der Waals surface area contributed by atoms with Crippen LogP contribution in [0.25, 0.3) is 11.1 Å². The van der Waals surface area contributed by atoms with Crippen molar-refractivity contribution < 1.29 is 14.3 Å². The quantitative estimate of drug-likeness (QED) is 0.872. The maximum atomic E-state index is 13.9. The zero-order valence-electron chi connectivity index (χ0n) is 15.0. The van der Waals surface area contributed by atoms with Gasteiger partial charge in [-0.05, 0) is 54.8 Å². The van der Waals surface area contributed by atoms with Crippen molar-refractivity contribution in [2.24, 2.45) is 5.92 Å². The van der Waals surface area contributed by atoms with Crippen molar-refractivity contribution in [3.05, 3.63) is 58.9 Å². The van der Waals surface area contributed by atoms with Gasteiger partial charge in [-0.1, -0.05) is 18.2 Å². The van der Waals surface area contributed by atoms with E-state index in [2.05, 4.69) is 17.3 Å². The molecule has 0 spiro atoms. The van der Waals surface area contributed by atoms with Crippen LogP contribution in [-0.4, -0.2) is 42.6 Å². The highest BCUT2D eigenvalue weighted by atomic mass is 19.1. The molecule has 2 aliphatic rings. The van der Waals surface area contributed by atoms with Crippen LogP contribution in [0.1, 0.15) is 40.4 Å². The molecular weight excluding hydrogens is 331 g/mol. The van der Waals surface area contributed by atoms with Crippen molar-refractivity contribution in [1.29, 1.82) is 0 Å². The molecule has 2 heterocycles. The second-order valence-electron chi connectivity index (χ2n) is 7.51. The molecule has 2 aromatic carbocycles. The van der Waals surface area contributed by atoms with Gasteiger partial charge in [0.15, 0.2) is 0 Å². The van der Waals surface area contributed by atoms with Crippen molar-refractivity contribution in [1.82, 2.24) is 10.2 Å². The number of hydrogen-bond acceptors (Lipinski definition) is 3. The highest BCUT2D eigenvalue weighted by Crippen LogP contribution is 2.37. The lowest BCUT2D eigenvalue weighted by molar-refractivity contribution is 0.0951. The summed E-state index contributed by atoms with van der Waals surface area (Å²) in [4.78, 5) is 14.9. The van der Waals surface area contributed by atoms with Crippen LogP contribution in [0.15, 0.2) is 36.4 Å². The van der Waals surface area contributed by atoms with E-state index in [-0.39, 0.29) is 11.5 Å². The van der Waals surface area contributed by atoms with Crippen molar-refractivity contribution >= 4 is 5.91 Å². The van der Waals surface area contributed by atoms with Crippen LogP contribution in [0.5, 0.6) is 0 Å². The smallest absolute Gasteiger partial charge is 0.251 e. The maximum Gasteiger partial charge on any atom is 0.251 e. The molecule has 1 saturated heterocycles. The summed E-state index contributed by atoms with van der Waals surface area (Å²) < 4.78 is 13.9. The average Bonchev–Trinajstić information content (AvgIpc) is 2.94. The van der Waals surface area contributed by atoms with E-state index < -0.39 is 11.9 Å². The number of aliphatic hydroxyl groups is 1. The van der Waals surface area contributed by atoms with Crippen LogP contribution in [-0.2, 0) is 0 Å². The van der Waals surface area contributed by atoms with Crippen LogP contribution in [0, 0.1) is 11.7 Å². The normalized spacial score (nSPS) is 23.8. The summed E-state index contributed by atoms with van der Waals surface area (Å²) in [5, 5.41) is 12.8. The molecule has 0 aliphatic carbocycles. The first kappa shape index (κ1) is 17.2. The zero-order valence-corrected chi connectivity index (χ0v) is 15.0. The minimum Gasteiger partial charge on any atom is -0.389 e. The Morgan fingerprint density at radius 2 is 1.92 bits per heavy atom. The van der Waals surface area contributed by atoms with E-state index in [0.717, 1.165) is 29.8 Å². The van der Waals surface area contributed by atoms with Crippen LogP contribution < -0.4 is 5.32 Å². The fourth-order valence-corrected chi connectivity index (χ4v) is 4.26. The van der Waals surface area contributed by atoms with Gasteiger partial charge in [0.25, 0.3) is 5.91 Å². The molecule has 26 heavy (non-hydrogen) atoms. The molecule has 136 valence electrons. The van der Waals surface area contributed by atoms with Gasteiger partial charge >= 0.3 is 0 Å². The van der Waals surface area contributed by atoms with Crippen LogP contribution in [0.2, 0.25) is 0 Å². The number of likely N-dealkylation sites (N-methyl/N-ethyl adjacent to an activating group) is 1. The summed E-state index contributed by atoms with van der Waals surface area (Å²) in [5.74, 6) is 0.317. The number of amides is 1. The minimum atomic E-state index is -0.881. The van der Waals surface area contributed by atoms with Gasteiger partial charge in [-0.2, -0.15) is 0 Å². The molecule has 3 atom stereocenters. The second-order valence-corrected chi connectivity index (χ2v) is 7.51. The van der Waals surface area contributed by atoms with Gasteiger partial charge in [-0.3, -0.25) is 4.79 Å². The molecule has 2 N–H and O–H groups in total. The van der Waals surface area contributed by atoms with E-state index >= 15 is 0 Å². The lowest BCUT2D eigenvalue weighted by Crippen LogP contribution is -2.29. The molecular formula is C21H23FN2O2. The third-order valence-corrected chi connectivity index (χ3v) is 5.63. The standard InChI is InChI=1S/C21H23FN2O2/c1-12(25)17-7-14(4-6-20(17)22)13-3-5-16-18(8-13)21(26)23-9-15-10-24(2)11-19(15)16/h3-8,12,15,19,25H,9-11H2,1-2H3,(H,23,26)/t12-,15-,19-/m0/s1. The fraction of sp³-hybridized carbons (Fsp3) is 0.381. The lowest BCUT2D eigenvalue weighted by Gasteiger charge is -2.17. The summed E-state index contributed by atoms with van der Waals surface area (Å²) in [5.41, 5.74) is 3.70.